The van der Waals surface area contributed by atoms with Gasteiger partial charge in [-0.1, -0.05) is 12.1 Å². The van der Waals surface area contributed by atoms with Crippen molar-refractivity contribution in [2.75, 3.05) is 23.3 Å². The molecule has 1 fully saturated rings. The van der Waals surface area contributed by atoms with E-state index in [1.54, 1.807) is 34.9 Å². The fraction of sp³-hybridized carbons (Fsp3) is 0.318. The van der Waals surface area contributed by atoms with Crippen LogP contribution >= 0.6 is 0 Å². The summed E-state index contributed by atoms with van der Waals surface area (Å²) in [7, 11) is 0. The van der Waals surface area contributed by atoms with Gasteiger partial charge in [0.25, 0.3) is 5.56 Å². The summed E-state index contributed by atoms with van der Waals surface area (Å²) in [5.41, 5.74) is 3.70. The minimum absolute atomic E-state index is 0.0695. The zero-order chi connectivity index (χ0) is 20.7. The van der Waals surface area contributed by atoms with E-state index in [0.717, 1.165) is 36.5 Å². The third kappa shape index (κ3) is 3.33. The SMILES string of the molecule is Cc1cc(C(C)Nc2ccccc2C(=O)O)c2nc(N3CCC3)c(C)c(=O)n2c1. The Morgan fingerprint density at radius 2 is 1.97 bits per heavy atom. The Bertz CT molecular complexity index is 1160. The van der Waals surface area contributed by atoms with E-state index in [9.17, 15) is 14.7 Å². The first-order valence-electron chi connectivity index (χ1n) is 9.74. The van der Waals surface area contributed by atoms with Crippen molar-refractivity contribution in [2.24, 2.45) is 0 Å². The Labute approximate surface area is 168 Å². The summed E-state index contributed by atoms with van der Waals surface area (Å²) < 4.78 is 1.60. The molecule has 29 heavy (non-hydrogen) atoms. The highest BCUT2D eigenvalue weighted by Crippen LogP contribution is 2.28. The van der Waals surface area contributed by atoms with Gasteiger partial charge in [-0.2, -0.15) is 0 Å². The first-order chi connectivity index (χ1) is 13.9. The topological polar surface area (TPSA) is 86.9 Å². The van der Waals surface area contributed by atoms with Crippen LogP contribution in [0.1, 0.15) is 46.4 Å². The van der Waals surface area contributed by atoms with Gasteiger partial charge in [0.2, 0.25) is 0 Å². The number of fused-ring (bicyclic) bond motifs is 1. The van der Waals surface area contributed by atoms with E-state index < -0.39 is 5.97 Å². The van der Waals surface area contributed by atoms with Crippen LogP contribution < -0.4 is 15.8 Å². The molecule has 4 rings (SSSR count). The predicted molar refractivity (Wildman–Crippen MR) is 113 cm³/mol. The highest BCUT2D eigenvalue weighted by molar-refractivity contribution is 5.94. The summed E-state index contributed by atoms with van der Waals surface area (Å²) in [4.78, 5) is 31.5. The van der Waals surface area contributed by atoms with Crippen LogP contribution in [0.4, 0.5) is 11.5 Å². The zero-order valence-electron chi connectivity index (χ0n) is 16.8. The molecule has 0 radical (unpaired) electrons. The molecule has 1 atom stereocenters. The van der Waals surface area contributed by atoms with E-state index in [2.05, 4.69) is 10.2 Å². The number of benzene rings is 1. The van der Waals surface area contributed by atoms with Gasteiger partial charge in [0.15, 0.2) is 0 Å². The van der Waals surface area contributed by atoms with Gasteiger partial charge in [-0.25, -0.2) is 9.78 Å². The number of aromatic nitrogens is 2. The minimum atomic E-state index is -0.987. The van der Waals surface area contributed by atoms with E-state index >= 15 is 0 Å². The summed E-state index contributed by atoms with van der Waals surface area (Å²) in [5, 5.41) is 12.7. The number of aromatic carboxylic acids is 1. The largest absolute Gasteiger partial charge is 0.478 e. The Morgan fingerprint density at radius 1 is 1.24 bits per heavy atom. The molecule has 0 aliphatic carbocycles. The van der Waals surface area contributed by atoms with E-state index in [4.69, 9.17) is 4.98 Å². The van der Waals surface area contributed by atoms with Crippen molar-refractivity contribution in [1.29, 1.82) is 0 Å². The Kier molecular flexibility index (Phi) is 4.74. The highest BCUT2D eigenvalue weighted by Gasteiger charge is 2.23. The van der Waals surface area contributed by atoms with Crippen LogP contribution in [0.3, 0.4) is 0 Å². The molecule has 150 valence electrons. The van der Waals surface area contributed by atoms with Gasteiger partial charge in [0.05, 0.1) is 17.2 Å². The van der Waals surface area contributed by atoms with Crippen LogP contribution in [0.2, 0.25) is 0 Å². The quantitative estimate of drug-likeness (QED) is 0.692. The fourth-order valence-corrected chi connectivity index (χ4v) is 3.75. The first kappa shape index (κ1) is 19.0. The molecule has 1 aromatic carbocycles. The number of carboxylic acid groups (broad SMARTS) is 1. The third-order valence-corrected chi connectivity index (χ3v) is 5.44. The van der Waals surface area contributed by atoms with Crippen molar-refractivity contribution in [1.82, 2.24) is 9.38 Å². The minimum Gasteiger partial charge on any atom is -0.478 e. The van der Waals surface area contributed by atoms with E-state index in [-0.39, 0.29) is 17.2 Å². The number of rotatable bonds is 5. The maximum atomic E-state index is 13.0. The number of pyridine rings is 1. The van der Waals surface area contributed by atoms with Crippen molar-refractivity contribution in [3.63, 3.8) is 0 Å². The molecule has 0 bridgehead atoms. The van der Waals surface area contributed by atoms with Gasteiger partial charge in [-0.05, 0) is 51.0 Å². The molecule has 3 aromatic rings. The van der Waals surface area contributed by atoms with Crippen molar-refractivity contribution >= 4 is 23.1 Å². The summed E-state index contributed by atoms with van der Waals surface area (Å²) in [6.45, 7) is 7.52. The fourth-order valence-electron chi connectivity index (χ4n) is 3.75. The molecular weight excluding hydrogens is 368 g/mol. The molecule has 0 spiro atoms. The Hall–Kier alpha value is -3.35. The van der Waals surface area contributed by atoms with Gasteiger partial charge >= 0.3 is 5.97 Å². The molecular formula is C22H24N4O3. The van der Waals surface area contributed by atoms with Gasteiger partial charge in [-0.15, -0.1) is 0 Å². The number of anilines is 2. The molecule has 3 heterocycles. The number of para-hydroxylation sites is 1. The Balaban J connectivity index is 1.83. The molecule has 0 amide bonds. The van der Waals surface area contributed by atoms with Gasteiger partial charge < -0.3 is 15.3 Å². The van der Waals surface area contributed by atoms with Crippen LogP contribution in [-0.2, 0) is 0 Å². The number of carboxylic acids is 1. The standard InChI is InChI=1S/C22H24N4O3/c1-13-11-17(15(3)23-18-8-5-4-7-16(18)22(28)29)20-24-19(25-9-6-10-25)14(2)21(27)26(20)12-13/h4-5,7-8,11-12,15,23H,6,9-10H2,1-3H3,(H,28,29). The second-order valence-corrected chi connectivity index (χ2v) is 7.59. The Morgan fingerprint density at radius 3 is 2.62 bits per heavy atom. The van der Waals surface area contributed by atoms with Crippen molar-refractivity contribution < 1.29 is 9.90 Å². The lowest BCUT2D eigenvalue weighted by Crippen LogP contribution is -2.40. The van der Waals surface area contributed by atoms with Gasteiger partial charge in [0.1, 0.15) is 11.5 Å². The second-order valence-electron chi connectivity index (χ2n) is 7.59. The lowest BCUT2D eigenvalue weighted by Gasteiger charge is -2.33. The average Bonchev–Trinajstić information content (AvgIpc) is 2.64. The number of hydrogen-bond donors (Lipinski definition) is 2. The van der Waals surface area contributed by atoms with Crippen molar-refractivity contribution in [3.05, 3.63) is 69.1 Å². The molecule has 1 aliphatic rings. The highest BCUT2D eigenvalue weighted by atomic mass is 16.4. The number of nitrogens with one attached hydrogen (secondary N) is 1. The summed E-state index contributed by atoms with van der Waals surface area (Å²) in [5.74, 6) is -0.246. The summed E-state index contributed by atoms with van der Waals surface area (Å²) in [6.07, 6.45) is 2.91. The molecule has 1 unspecified atom stereocenters. The van der Waals surface area contributed by atoms with E-state index in [0.29, 0.717) is 16.9 Å². The number of nitrogens with zero attached hydrogens (tertiary/aromatic N) is 3. The molecule has 1 aliphatic heterocycles. The molecule has 2 aromatic heterocycles. The molecule has 7 nitrogen and oxygen atoms in total. The van der Waals surface area contributed by atoms with Crippen LogP contribution in [0.5, 0.6) is 0 Å². The van der Waals surface area contributed by atoms with E-state index in [1.807, 2.05) is 26.8 Å². The second kappa shape index (κ2) is 7.24. The van der Waals surface area contributed by atoms with Crippen molar-refractivity contribution in [3.8, 4) is 0 Å². The molecule has 7 heteroatoms. The summed E-state index contributed by atoms with van der Waals surface area (Å²) in [6, 6.07) is 8.56. The predicted octanol–water partition coefficient (Wildman–Crippen LogP) is 3.39. The smallest absolute Gasteiger partial charge is 0.337 e. The summed E-state index contributed by atoms with van der Waals surface area (Å²) >= 11 is 0. The van der Waals surface area contributed by atoms with Crippen LogP contribution in [0, 0.1) is 13.8 Å². The van der Waals surface area contributed by atoms with Crippen LogP contribution in [0.25, 0.3) is 5.65 Å². The van der Waals surface area contributed by atoms with Crippen molar-refractivity contribution in [2.45, 2.75) is 33.2 Å². The third-order valence-electron chi connectivity index (χ3n) is 5.44. The maximum absolute atomic E-state index is 13.0. The van der Waals surface area contributed by atoms with Gasteiger partial charge in [0, 0.05) is 30.5 Å². The maximum Gasteiger partial charge on any atom is 0.337 e. The molecule has 1 saturated heterocycles. The lowest BCUT2D eigenvalue weighted by molar-refractivity contribution is 0.0698. The normalized spacial score (nSPS) is 14.5. The van der Waals surface area contributed by atoms with E-state index in [1.165, 1.54) is 0 Å². The van der Waals surface area contributed by atoms with Gasteiger partial charge in [-0.3, -0.25) is 9.20 Å². The number of hydrogen-bond acceptors (Lipinski definition) is 5. The monoisotopic (exact) mass is 392 g/mol. The van der Waals surface area contributed by atoms with Crippen LogP contribution in [-0.4, -0.2) is 33.6 Å². The zero-order valence-corrected chi connectivity index (χ0v) is 16.8. The average molecular weight is 392 g/mol. The first-order valence-corrected chi connectivity index (χ1v) is 9.74. The molecule has 2 N–H and O–H groups in total. The number of carbonyl (C=O) groups is 1. The molecule has 0 saturated carbocycles. The lowest BCUT2D eigenvalue weighted by atomic mass is 10.1. The van der Waals surface area contributed by atoms with Crippen LogP contribution in [0.15, 0.2) is 41.3 Å². The number of aryl methyl sites for hydroxylation is 1.